The van der Waals surface area contributed by atoms with Crippen LogP contribution in [0.2, 0.25) is 0 Å². The third-order valence-corrected chi connectivity index (χ3v) is 6.38. The number of halogens is 1. The molecular formula is C25H18BrN3O3S. The molecule has 3 heterocycles. The minimum atomic E-state index is -0.962. The highest BCUT2D eigenvalue weighted by Crippen LogP contribution is 2.43. The second kappa shape index (κ2) is 8.80. The van der Waals surface area contributed by atoms with E-state index >= 15 is 0 Å². The zero-order chi connectivity index (χ0) is 22.9. The van der Waals surface area contributed by atoms with Crippen LogP contribution in [0, 0.1) is 0 Å². The Kier molecular flexibility index (Phi) is 5.70. The number of rotatable bonds is 5. The molecule has 0 amide bonds. The van der Waals surface area contributed by atoms with Gasteiger partial charge in [0.25, 0.3) is 0 Å². The molecule has 5 rings (SSSR count). The monoisotopic (exact) mass is 519 g/mol. The summed E-state index contributed by atoms with van der Waals surface area (Å²) in [5.41, 5.74) is 2.81. The molecule has 6 nitrogen and oxygen atoms in total. The number of carboxylic acid groups (broad SMARTS) is 1. The van der Waals surface area contributed by atoms with Crippen molar-refractivity contribution in [2.45, 2.75) is 12.1 Å². The van der Waals surface area contributed by atoms with E-state index in [1.54, 1.807) is 30.5 Å². The van der Waals surface area contributed by atoms with Gasteiger partial charge in [0.2, 0.25) is 0 Å². The van der Waals surface area contributed by atoms with Gasteiger partial charge in [-0.05, 0) is 72.9 Å². The van der Waals surface area contributed by atoms with Crippen molar-refractivity contribution in [3.8, 4) is 11.3 Å². The second-order valence-corrected chi connectivity index (χ2v) is 8.86. The molecule has 1 aliphatic rings. The van der Waals surface area contributed by atoms with Gasteiger partial charge in [-0.25, -0.2) is 4.79 Å². The second-order valence-electron chi connectivity index (χ2n) is 7.56. The van der Waals surface area contributed by atoms with Gasteiger partial charge in [-0.3, -0.25) is 4.98 Å². The first-order chi connectivity index (χ1) is 16.0. The molecule has 4 aromatic rings. The van der Waals surface area contributed by atoms with Crippen molar-refractivity contribution in [2.24, 2.45) is 0 Å². The van der Waals surface area contributed by atoms with E-state index in [0.29, 0.717) is 10.9 Å². The zero-order valence-corrected chi connectivity index (χ0v) is 19.6. The van der Waals surface area contributed by atoms with Crippen LogP contribution in [-0.4, -0.2) is 21.2 Å². The van der Waals surface area contributed by atoms with Crippen molar-refractivity contribution in [2.75, 3.05) is 4.90 Å². The van der Waals surface area contributed by atoms with Crippen LogP contribution in [0.4, 0.5) is 5.69 Å². The molecule has 0 unspecified atom stereocenters. The molecule has 1 aliphatic heterocycles. The van der Waals surface area contributed by atoms with Crippen molar-refractivity contribution in [1.29, 1.82) is 0 Å². The Hall–Kier alpha value is -3.49. The van der Waals surface area contributed by atoms with Gasteiger partial charge in [-0.15, -0.1) is 0 Å². The number of hydrogen-bond donors (Lipinski definition) is 2. The third kappa shape index (κ3) is 4.15. The van der Waals surface area contributed by atoms with Crippen LogP contribution in [-0.2, 0) is 0 Å². The Bertz CT molecular complexity index is 1310. The molecule has 33 heavy (non-hydrogen) atoms. The zero-order valence-electron chi connectivity index (χ0n) is 17.2. The summed E-state index contributed by atoms with van der Waals surface area (Å²) in [6, 6.07) is 23.7. The Labute approximate surface area is 204 Å². The molecular weight excluding hydrogens is 502 g/mol. The summed E-state index contributed by atoms with van der Waals surface area (Å²) >= 11 is 9.22. The Morgan fingerprint density at radius 2 is 1.79 bits per heavy atom. The molecule has 164 valence electrons. The number of aromatic nitrogens is 1. The van der Waals surface area contributed by atoms with E-state index in [-0.39, 0.29) is 17.6 Å². The van der Waals surface area contributed by atoms with E-state index < -0.39 is 5.97 Å². The Morgan fingerprint density at radius 3 is 2.45 bits per heavy atom. The fourth-order valence-electron chi connectivity index (χ4n) is 3.97. The maximum Gasteiger partial charge on any atom is 0.335 e. The summed E-state index contributed by atoms with van der Waals surface area (Å²) < 4.78 is 7.28. The van der Waals surface area contributed by atoms with Crippen LogP contribution in [0.3, 0.4) is 0 Å². The molecule has 0 bridgehead atoms. The Morgan fingerprint density at radius 1 is 1.03 bits per heavy atom. The molecule has 1 saturated heterocycles. The van der Waals surface area contributed by atoms with Crippen molar-refractivity contribution >= 4 is 44.9 Å². The lowest BCUT2D eigenvalue weighted by atomic mass is 10.0. The van der Waals surface area contributed by atoms with E-state index in [1.165, 1.54) is 0 Å². The number of nitrogens with one attached hydrogen (secondary N) is 1. The van der Waals surface area contributed by atoms with E-state index in [0.717, 1.165) is 27.2 Å². The van der Waals surface area contributed by atoms with E-state index in [1.807, 2.05) is 59.5 Å². The number of anilines is 1. The highest BCUT2D eigenvalue weighted by molar-refractivity contribution is 9.10. The normalized spacial score (nSPS) is 17.7. The minimum absolute atomic E-state index is 0.212. The smallest absolute Gasteiger partial charge is 0.335 e. The van der Waals surface area contributed by atoms with Crippen LogP contribution in [0.15, 0.2) is 93.9 Å². The molecule has 0 aliphatic carbocycles. The summed E-state index contributed by atoms with van der Waals surface area (Å²) in [5.74, 6) is 0.407. The van der Waals surface area contributed by atoms with Crippen molar-refractivity contribution in [3.63, 3.8) is 0 Å². The van der Waals surface area contributed by atoms with Crippen LogP contribution in [0.1, 0.15) is 33.9 Å². The number of carboxylic acids is 1. The van der Waals surface area contributed by atoms with E-state index in [4.69, 9.17) is 21.7 Å². The molecule has 8 heteroatoms. The average molecular weight is 520 g/mol. The first kappa shape index (κ1) is 21.4. The maximum absolute atomic E-state index is 11.2. The van der Waals surface area contributed by atoms with Gasteiger partial charge in [0.1, 0.15) is 17.6 Å². The summed E-state index contributed by atoms with van der Waals surface area (Å²) in [5, 5.41) is 13.1. The van der Waals surface area contributed by atoms with Crippen molar-refractivity contribution < 1.29 is 14.3 Å². The first-order valence-corrected chi connectivity index (χ1v) is 11.4. The van der Waals surface area contributed by atoms with Crippen molar-refractivity contribution in [1.82, 2.24) is 10.3 Å². The van der Waals surface area contributed by atoms with Gasteiger partial charge in [-0.1, -0.05) is 34.1 Å². The average Bonchev–Trinajstić information content (AvgIpc) is 3.45. The molecule has 0 saturated carbocycles. The van der Waals surface area contributed by atoms with Gasteiger partial charge in [0.15, 0.2) is 5.11 Å². The first-order valence-electron chi connectivity index (χ1n) is 10.2. The fraction of sp³-hybridized carbons (Fsp3) is 0.0800. The molecule has 2 atom stereocenters. The highest BCUT2D eigenvalue weighted by atomic mass is 79.9. The van der Waals surface area contributed by atoms with Gasteiger partial charge in [-0.2, -0.15) is 0 Å². The molecule has 2 aromatic heterocycles. The van der Waals surface area contributed by atoms with Crippen molar-refractivity contribution in [3.05, 3.63) is 107 Å². The minimum Gasteiger partial charge on any atom is -0.478 e. The van der Waals surface area contributed by atoms with Crippen LogP contribution >= 0.6 is 28.1 Å². The largest absolute Gasteiger partial charge is 0.478 e. The third-order valence-electron chi connectivity index (χ3n) is 5.54. The van der Waals surface area contributed by atoms with Crippen LogP contribution in [0.5, 0.6) is 0 Å². The number of hydrogen-bond acceptors (Lipinski definition) is 4. The van der Waals surface area contributed by atoms with Gasteiger partial charge in [0.05, 0.1) is 17.3 Å². The number of pyridine rings is 1. The standard InChI is InChI=1S/C25H18BrN3O3S/c26-17-8-10-18(11-9-17)29-23(22(28-25(29)33)19-3-1-2-14-27-19)21-13-12-20(32-21)15-4-6-16(7-5-15)24(30)31/h1-14,22-23H,(H,28,33)(H,30,31)/t22-,23+/m1/s1. The van der Waals surface area contributed by atoms with E-state index in [2.05, 4.69) is 26.2 Å². The molecule has 2 N–H and O–H groups in total. The number of aromatic carboxylic acids is 1. The molecule has 0 radical (unpaired) electrons. The number of nitrogens with zero attached hydrogens (tertiary/aromatic N) is 2. The van der Waals surface area contributed by atoms with Crippen LogP contribution in [0.25, 0.3) is 11.3 Å². The van der Waals surface area contributed by atoms with Gasteiger partial charge < -0.3 is 19.7 Å². The summed E-state index contributed by atoms with van der Waals surface area (Å²) in [7, 11) is 0. The summed E-state index contributed by atoms with van der Waals surface area (Å²) in [4.78, 5) is 17.8. The quantitative estimate of drug-likeness (QED) is 0.314. The van der Waals surface area contributed by atoms with Gasteiger partial charge >= 0.3 is 5.97 Å². The number of thiocarbonyl (C=S) groups is 1. The summed E-state index contributed by atoms with van der Waals surface area (Å²) in [6.07, 6.45) is 1.76. The number of carbonyl (C=O) groups is 1. The number of furan rings is 1. The predicted molar refractivity (Wildman–Crippen MR) is 133 cm³/mol. The highest BCUT2D eigenvalue weighted by Gasteiger charge is 2.42. The lowest BCUT2D eigenvalue weighted by Gasteiger charge is -2.26. The lowest BCUT2D eigenvalue weighted by molar-refractivity contribution is 0.0697. The fourth-order valence-corrected chi connectivity index (χ4v) is 4.58. The van der Waals surface area contributed by atoms with Gasteiger partial charge in [0, 0.05) is 21.9 Å². The Balaban J connectivity index is 1.56. The van der Waals surface area contributed by atoms with Crippen LogP contribution < -0.4 is 10.2 Å². The van der Waals surface area contributed by atoms with E-state index in [9.17, 15) is 4.79 Å². The topological polar surface area (TPSA) is 78.6 Å². The summed E-state index contributed by atoms with van der Waals surface area (Å²) in [6.45, 7) is 0. The number of benzene rings is 2. The predicted octanol–water partition coefficient (Wildman–Crippen LogP) is 5.98. The molecule has 1 fully saturated rings. The lowest BCUT2D eigenvalue weighted by Crippen LogP contribution is -2.29. The maximum atomic E-state index is 11.2. The molecule has 2 aromatic carbocycles. The molecule has 0 spiro atoms. The SMILES string of the molecule is O=C(O)c1ccc(-c2ccc([C@H]3[C@@H](c4ccccn4)NC(=S)N3c3ccc(Br)cc3)o2)cc1.